The van der Waals surface area contributed by atoms with Crippen LogP contribution in [0, 0.1) is 0 Å². The average Bonchev–Trinajstić information content (AvgIpc) is 2.84. The van der Waals surface area contributed by atoms with Crippen molar-refractivity contribution in [1.29, 1.82) is 0 Å². The first-order chi connectivity index (χ1) is 12.2. The SMILES string of the molecule is CC(=O)Nc1ccc(NC(C)=O)c(NC2OC(C(O)CO)C(O)C2O)c1. The van der Waals surface area contributed by atoms with Crippen LogP contribution in [0.3, 0.4) is 0 Å². The van der Waals surface area contributed by atoms with Gasteiger partial charge in [0.2, 0.25) is 11.8 Å². The van der Waals surface area contributed by atoms with E-state index in [-0.39, 0.29) is 11.8 Å². The summed E-state index contributed by atoms with van der Waals surface area (Å²) in [6.07, 6.45) is -6.48. The summed E-state index contributed by atoms with van der Waals surface area (Å²) in [4.78, 5) is 22.6. The van der Waals surface area contributed by atoms with Gasteiger partial charge in [-0.25, -0.2) is 0 Å². The Bertz CT molecular complexity index is 669. The van der Waals surface area contributed by atoms with E-state index < -0.39 is 37.3 Å². The molecule has 1 aliphatic heterocycles. The van der Waals surface area contributed by atoms with Crippen LogP contribution in [0.15, 0.2) is 18.2 Å². The monoisotopic (exact) mass is 369 g/mol. The predicted octanol–water partition coefficient (Wildman–Crippen LogP) is -1.18. The molecule has 1 heterocycles. The van der Waals surface area contributed by atoms with Gasteiger partial charge in [-0.2, -0.15) is 0 Å². The standard InChI is InChI=1S/C16H23N3O7/c1-7(21)17-9-3-4-10(18-8(2)22)11(5-9)19-16-14(25)13(24)15(26-16)12(23)6-20/h3-5,12-16,19-20,23-25H,6H2,1-2H3,(H,17,21)(H,18,22). The first kappa shape index (κ1) is 20.1. The number of carbonyl (C=O) groups excluding carboxylic acids is 2. The molecule has 144 valence electrons. The lowest BCUT2D eigenvalue weighted by molar-refractivity contribution is -0.115. The minimum absolute atomic E-state index is 0.290. The second-order valence-electron chi connectivity index (χ2n) is 6.02. The minimum atomic E-state index is -1.42. The fourth-order valence-electron chi connectivity index (χ4n) is 2.64. The Morgan fingerprint density at radius 2 is 1.77 bits per heavy atom. The van der Waals surface area contributed by atoms with Gasteiger partial charge in [-0.3, -0.25) is 9.59 Å². The number of carbonyl (C=O) groups is 2. The van der Waals surface area contributed by atoms with Crippen molar-refractivity contribution in [2.75, 3.05) is 22.6 Å². The normalized spacial score (nSPS) is 26.2. The molecule has 1 fully saturated rings. The molecule has 1 saturated heterocycles. The number of hydrogen-bond donors (Lipinski definition) is 7. The Morgan fingerprint density at radius 3 is 2.35 bits per heavy atom. The fourth-order valence-corrected chi connectivity index (χ4v) is 2.64. The Balaban J connectivity index is 2.25. The molecule has 10 nitrogen and oxygen atoms in total. The van der Waals surface area contributed by atoms with E-state index >= 15 is 0 Å². The molecule has 0 aliphatic carbocycles. The summed E-state index contributed by atoms with van der Waals surface area (Å²) in [6.45, 7) is 2.02. The third-order valence-corrected chi connectivity index (χ3v) is 3.82. The van der Waals surface area contributed by atoms with Crippen LogP contribution >= 0.6 is 0 Å². The van der Waals surface area contributed by atoms with Gasteiger partial charge in [-0.05, 0) is 18.2 Å². The largest absolute Gasteiger partial charge is 0.394 e. The van der Waals surface area contributed by atoms with Gasteiger partial charge in [0.05, 0.1) is 18.0 Å². The number of hydrogen-bond acceptors (Lipinski definition) is 8. The Morgan fingerprint density at radius 1 is 1.12 bits per heavy atom. The summed E-state index contributed by atoms with van der Waals surface area (Å²) in [7, 11) is 0. The highest BCUT2D eigenvalue weighted by molar-refractivity contribution is 5.95. The number of benzene rings is 1. The third-order valence-electron chi connectivity index (χ3n) is 3.82. The predicted molar refractivity (Wildman–Crippen MR) is 92.4 cm³/mol. The van der Waals surface area contributed by atoms with E-state index in [2.05, 4.69) is 16.0 Å². The number of aliphatic hydroxyl groups is 4. The van der Waals surface area contributed by atoms with E-state index in [4.69, 9.17) is 9.84 Å². The van der Waals surface area contributed by atoms with Gasteiger partial charge in [0.1, 0.15) is 24.4 Å². The third kappa shape index (κ3) is 4.68. The molecule has 0 aromatic heterocycles. The van der Waals surface area contributed by atoms with Crippen LogP contribution in [0.25, 0.3) is 0 Å². The molecule has 5 unspecified atom stereocenters. The molecule has 2 amide bonds. The lowest BCUT2D eigenvalue weighted by Crippen LogP contribution is -2.40. The smallest absolute Gasteiger partial charge is 0.221 e. The number of aliphatic hydroxyl groups excluding tert-OH is 4. The highest BCUT2D eigenvalue weighted by Crippen LogP contribution is 2.31. The second kappa shape index (κ2) is 8.43. The molecule has 1 aromatic carbocycles. The zero-order chi connectivity index (χ0) is 19.4. The fraction of sp³-hybridized carbons (Fsp3) is 0.500. The summed E-state index contributed by atoms with van der Waals surface area (Å²) in [6, 6.07) is 4.65. The van der Waals surface area contributed by atoms with Gasteiger partial charge in [0.15, 0.2) is 6.23 Å². The van der Waals surface area contributed by atoms with E-state index in [0.717, 1.165) is 0 Å². The van der Waals surface area contributed by atoms with Crippen LogP contribution in [0.5, 0.6) is 0 Å². The van der Waals surface area contributed by atoms with Gasteiger partial charge < -0.3 is 41.1 Å². The number of nitrogens with one attached hydrogen (secondary N) is 3. The maximum absolute atomic E-state index is 11.4. The summed E-state index contributed by atoms with van der Waals surface area (Å²) < 4.78 is 5.40. The molecular weight excluding hydrogens is 346 g/mol. The maximum atomic E-state index is 11.4. The van der Waals surface area contributed by atoms with Gasteiger partial charge in [0, 0.05) is 19.5 Å². The quantitative estimate of drug-likeness (QED) is 0.330. The highest BCUT2D eigenvalue weighted by atomic mass is 16.6. The van der Waals surface area contributed by atoms with Crippen LogP contribution in [-0.2, 0) is 14.3 Å². The molecule has 0 radical (unpaired) electrons. The number of anilines is 3. The maximum Gasteiger partial charge on any atom is 0.221 e. The summed E-state index contributed by atoms with van der Waals surface area (Å²) in [5.41, 5.74) is 1.12. The molecule has 2 rings (SSSR count). The lowest BCUT2D eigenvalue weighted by atomic mass is 10.1. The zero-order valence-electron chi connectivity index (χ0n) is 14.3. The van der Waals surface area contributed by atoms with E-state index in [0.29, 0.717) is 17.1 Å². The van der Waals surface area contributed by atoms with Crippen molar-refractivity contribution in [3.63, 3.8) is 0 Å². The summed E-state index contributed by atoms with van der Waals surface area (Å²) >= 11 is 0. The van der Waals surface area contributed by atoms with Crippen LogP contribution in [0.4, 0.5) is 17.1 Å². The molecular formula is C16H23N3O7. The molecule has 1 aliphatic rings. The minimum Gasteiger partial charge on any atom is -0.394 e. The lowest BCUT2D eigenvalue weighted by Gasteiger charge is -2.21. The molecule has 0 bridgehead atoms. The second-order valence-corrected chi connectivity index (χ2v) is 6.02. The topological polar surface area (TPSA) is 160 Å². The number of rotatable bonds is 6. The molecule has 5 atom stereocenters. The van der Waals surface area contributed by atoms with Crippen molar-refractivity contribution < 1.29 is 34.8 Å². The van der Waals surface area contributed by atoms with Crippen molar-refractivity contribution >= 4 is 28.9 Å². The van der Waals surface area contributed by atoms with Gasteiger partial charge in [0.25, 0.3) is 0 Å². The van der Waals surface area contributed by atoms with Crippen molar-refractivity contribution in [1.82, 2.24) is 0 Å². The molecule has 1 aromatic rings. The van der Waals surface area contributed by atoms with E-state index in [1.165, 1.54) is 19.9 Å². The van der Waals surface area contributed by atoms with E-state index in [9.17, 15) is 24.9 Å². The van der Waals surface area contributed by atoms with Gasteiger partial charge in [-0.15, -0.1) is 0 Å². The average molecular weight is 369 g/mol. The van der Waals surface area contributed by atoms with Crippen LogP contribution in [0.1, 0.15) is 13.8 Å². The molecule has 0 spiro atoms. The molecule has 7 N–H and O–H groups in total. The molecule has 10 heteroatoms. The van der Waals surface area contributed by atoms with Gasteiger partial charge >= 0.3 is 0 Å². The first-order valence-corrected chi connectivity index (χ1v) is 7.99. The van der Waals surface area contributed by atoms with Crippen molar-refractivity contribution in [2.24, 2.45) is 0 Å². The van der Waals surface area contributed by atoms with Crippen LogP contribution < -0.4 is 16.0 Å². The Labute approximate surface area is 149 Å². The van der Waals surface area contributed by atoms with E-state index in [1.54, 1.807) is 12.1 Å². The highest BCUT2D eigenvalue weighted by Gasteiger charge is 2.46. The Kier molecular flexibility index (Phi) is 6.51. The first-order valence-electron chi connectivity index (χ1n) is 7.99. The number of ether oxygens (including phenoxy) is 1. The van der Waals surface area contributed by atoms with Gasteiger partial charge in [-0.1, -0.05) is 0 Å². The molecule has 0 saturated carbocycles. The summed E-state index contributed by atoms with van der Waals surface area (Å²) in [5, 5.41) is 46.8. The Hall–Kier alpha value is -2.24. The zero-order valence-corrected chi connectivity index (χ0v) is 14.3. The van der Waals surface area contributed by atoms with Crippen molar-refractivity contribution in [3.05, 3.63) is 18.2 Å². The van der Waals surface area contributed by atoms with Crippen LogP contribution in [0.2, 0.25) is 0 Å². The van der Waals surface area contributed by atoms with E-state index in [1.807, 2.05) is 0 Å². The van der Waals surface area contributed by atoms with Crippen molar-refractivity contribution in [3.8, 4) is 0 Å². The summed E-state index contributed by atoms with van der Waals surface area (Å²) in [5.74, 6) is -0.622. The van der Waals surface area contributed by atoms with Crippen LogP contribution in [-0.4, -0.2) is 69.5 Å². The number of amides is 2. The molecule has 26 heavy (non-hydrogen) atoms. The van der Waals surface area contributed by atoms with Crippen molar-refractivity contribution in [2.45, 2.75) is 44.5 Å².